The van der Waals surface area contributed by atoms with Gasteiger partial charge in [-0.15, -0.1) is 34.2 Å². The van der Waals surface area contributed by atoms with Gasteiger partial charge >= 0.3 is 0 Å². The number of nitrogens with zero attached hydrogens (tertiary/aromatic N) is 5. The van der Waals surface area contributed by atoms with E-state index in [-0.39, 0.29) is 30.0 Å². The van der Waals surface area contributed by atoms with Gasteiger partial charge in [-0.25, -0.2) is 0 Å². The zero-order valence-electron chi connectivity index (χ0n) is 16.4. The highest BCUT2D eigenvalue weighted by molar-refractivity contribution is 14.0. The Labute approximate surface area is 187 Å². The summed E-state index contributed by atoms with van der Waals surface area (Å²) in [4.78, 5) is 6.61. The molecule has 28 heavy (non-hydrogen) atoms. The molecule has 1 aromatic heterocycles. The van der Waals surface area contributed by atoms with Gasteiger partial charge in [0.15, 0.2) is 11.8 Å². The minimum atomic E-state index is 0. The summed E-state index contributed by atoms with van der Waals surface area (Å²) < 4.78 is 7.48. The molecular weight excluding hydrogens is 493 g/mol. The minimum Gasteiger partial charge on any atom is -0.495 e. The van der Waals surface area contributed by atoms with Crippen LogP contribution in [-0.4, -0.2) is 54.0 Å². The molecule has 1 aliphatic heterocycles. The van der Waals surface area contributed by atoms with E-state index in [2.05, 4.69) is 37.6 Å². The van der Waals surface area contributed by atoms with Gasteiger partial charge in [-0.3, -0.25) is 4.99 Å². The predicted octanol–water partition coefficient (Wildman–Crippen LogP) is 2.52. The van der Waals surface area contributed by atoms with Gasteiger partial charge in [0, 0.05) is 37.7 Å². The molecule has 154 valence electrons. The van der Waals surface area contributed by atoms with Gasteiger partial charge in [0.1, 0.15) is 12.1 Å². The highest BCUT2D eigenvalue weighted by atomic mass is 127. The number of aliphatic imine (C=N–C) groups is 1. The maximum absolute atomic E-state index is 6.17. The van der Waals surface area contributed by atoms with Crippen LogP contribution in [-0.2, 0) is 13.1 Å². The first-order valence-electron chi connectivity index (χ1n) is 9.07. The Kier molecular flexibility index (Phi) is 8.61. The van der Waals surface area contributed by atoms with Crippen molar-refractivity contribution >= 4 is 47.2 Å². The van der Waals surface area contributed by atoms with Crippen molar-refractivity contribution in [2.75, 3.05) is 32.1 Å². The maximum atomic E-state index is 6.17. The maximum Gasteiger partial charge on any atom is 0.191 e. The molecular formula is C18H27ClIN7O. The standard InChI is InChI=1S/C18H26ClN7O.HI/c1-4-25-12-22-24-17(25)10-21-18(20-2)23-14-7-8-26(11-14)15-9-13(19)5-6-16(15)27-3;/h5-6,9,12,14H,4,7-8,10-11H2,1-3H3,(H2,20,21,23);1H. The third kappa shape index (κ3) is 5.40. The van der Waals surface area contributed by atoms with Crippen LogP contribution >= 0.6 is 35.6 Å². The molecule has 2 N–H and O–H groups in total. The van der Waals surface area contributed by atoms with Crippen LogP contribution in [0.5, 0.6) is 5.75 Å². The molecule has 1 aromatic carbocycles. The van der Waals surface area contributed by atoms with Crippen LogP contribution in [0.2, 0.25) is 5.02 Å². The number of ether oxygens (including phenoxy) is 1. The summed E-state index contributed by atoms with van der Waals surface area (Å²) in [6, 6.07) is 5.98. The Morgan fingerprint density at radius 2 is 2.25 bits per heavy atom. The van der Waals surface area contributed by atoms with Crippen molar-refractivity contribution in [1.29, 1.82) is 0 Å². The van der Waals surface area contributed by atoms with E-state index in [1.165, 1.54) is 0 Å². The summed E-state index contributed by atoms with van der Waals surface area (Å²) >= 11 is 6.17. The first-order chi connectivity index (χ1) is 13.1. The molecule has 2 aromatic rings. The van der Waals surface area contributed by atoms with E-state index in [1.54, 1.807) is 20.5 Å². The molecule has 1 saturated heterocycles. The van der Waals surface area contributed by atoms with Crippen LogP contribution in [0.25, 0.3) is 0 Å². The number of aromatic nitrogens is 3. The highest BCUT2D eigenvalue weighted by Crippen LogP contribution is 2.33. The van der Waals surface area contributed by atoms with Crippen molar-refractivity contribution in [2.24, 2.45) is 4.99 Å². The third-order valence-electron chi connectivity index (χ3n) is 4.68. The lowest BCUT2D eigenvalue weighted by Gasteiger charge is -2.22. The molecule has 0 amide bonds. The van der Waals surface area contributed by atoms with E-state index in [0.29, 0.717) is 11.6 Å². The number of halogens is 2. The fraction of sp³-hybridized carbons (Fsp3) is 0.500. The topological polar surface area (TPSA) is 79.6 Å². The predicted molar refractivity (Wildman–Crippen MR) is 123 cm³/mol. The fourth-order valence-electron chi connectivity index (χ4n) is 3.24. The van der Waals surface area contributed by atoms with Crippen LogP contribution in [0, 0.1) is 0 Å². The molecule has 1 atom stereocenters. The number of aryl methyl sites for hydroxylation is 1. The van der Waals surface area contributed by atoms with Gasteiger partial charge < -0.3 is 24.8 Å². The summed E-state index contributed by atoms with van der Waals surface area (Å²) in [5.41, 5.74) is 1.02. The van der Waals surface area contributed by atoms with Crippen molar-refractivity contribution in [3.8, 4) is 5.75 Å². The van der Waals surface area contributed by atoms with E-state index in [9.17, 15) is 0 Å². The van der Waals surface area contributed by atoms with Crippen molar-refractivity contribution in [1.82, 2.24) is 25.4 Å². The Bertz CT molecular complexity index is 798. The molecule has 10 heteroatoms. The van der Waals surface area contributed by atoms with Crippen LogP contribution in [0.4, 0.5) is 5.69 Å². The van der Waals surface area contributed by atoms with Crippen molar-refractivity contribution in [3.05, 3.63) is 35.4 Å². The summed E-state index contributed by atoms with van der Waals surface area (Å²) in [6.07, 6.45) is 2.74. The largest absolute Gasteiger partial charge is 0.495 e. The second-order valence-electron chi connectivity index (χ2n) is 6.35. The van der Waals surface area contributed by atoms with Crippen molar-refractivity contribution < 1.29 is 4.74 Å². The molecule has 0 spiro atoms. The highest BCUT2D eigenvalue weighted by Gasteiger charge is 2.25. The van der Waals surface area contributed by atoms with Crippen LogP contribution in [0.1, 0.15) is 19.2 Å². The van der Waals surface area contributed by atoms with Gasteiger partial charge in [0.05, 0.1) is 19.3 Å². The molecule has 1 unspecified atom stereocenters. The SMILES string of the molecule is CCn1cnnc1CNC(=NC)NC1CCN(c2cc(Cl)ccc2OC)C1.I. The average molecular weight is 520 g/mol. The summed E-state index contributed by atoms with van der Waals surface area (Å²) in [5.74, 6) is 2.48. The Morgan fingerprint density at radius 3 is 2.96 bits per heavy atom. The number of methoxy groups -OCH3 is 1. The number of hydrogen-bond acceptors (Lipinski definition) is 5. The summed E-state index contributed by atoms with van der Waals surface area (Å²) in [5, 5.41) is 15.6. The molecule has 0 aliphatic carbocycles. The van der Waals surface area contributed by atoms with Gasteiger partial charge in [-0.2, -0.15) is 0 Å². The fourth-order valence-corrected chi connectivity index (χ4v) is 3.40. The van der Waals surface area contributed by atoms with E-state index < -0.39 is 0 Å². The van der Waals surface area contributed by atoms with Crippen LogP contribution in [0.3, 0.4) is 0 Å². The van der Waals surface area contributed by atoms with Crippen LogP contribution < -0.4 is 20.3 Å². The van der Waals surface area contributed by atoms with Crippen LogP contribution in [0.15, 0.2) is 29.5 Å². The molecule has 2 heterocycles. The molecule has 3 rings (SSSR count). The van der Waals surface area contributed by atoms with E-state index in [1.807, 2.05) is 22.8 Å². The average Bonchev–Trinajstić information content (AvgIpc) is 3.34. The number of rotatable bonds is 6. The third-order valence-corrected chi connectivity index (χ3v) is 4.92. The zero-order chi connectivity index (χ0) is 19.2. The van der Waals surface area contributed by atoms with Gasteiger partial charge in [0.2, 0.25) is 0 Å². The van der Waals surface area contributed by atoms with E-state index in [0.717, 1.165) is 49.3 Å². The number of nitrogens with one attached hydrogen (secondary N) is 2. The first-order valence-corrected chi connectivity index (χ1v) is 9.44. The molecule has 0 radical (unpaired) electrons. The molecule has 0 bridgehead atoms. The number of benzene rings is 1. The smallest absolute Gasteiger partial charge is 0.191 e. The molecule has 8 nitrogen and oxygen atoms in total. The Balaban J connectivity index is 0.00000280. The summed E-state index contributed by atoms with van der Waals surface area (Å²) in [7, 11) is 3.45. The minimum absolute atomic E-state index is 0. The normalized spacial score (nSPS) is 16.6. The van der Waals surface area contributed by atoms with Gasteiger partial charge in [-0.1, -0.05) is 11.6 Å². The van der Waals surface area contributed by atoms with Gasteiger partial charge in [0.25, 0.3) is 0 Å². The van der Waals surface area contributed by atoms with Crippen molar-refractivity contribution in [3.63, 3.8) is 0 Å². The second-order valence-corrected chi connectivity index (χ2v) is 6.79. The molecule has 1 aliphatic rings. The van der Waals surface area contributed by atoms with E-state index >= 15 is 0 Å². The lowest BCUT2D eigenvalue weighted by Crippen LogP contribution is -2.44. The second kappa shape index (κ2) is 10.7. The Morgan fingerprint density at radius 1 is 1.43 bits per heavy atom. The number of guanidine groups is 1. The lowest BCUT2D eigenvalue weighted by molar-refractivity contribution is 0.415. The quantitative estimate of drug-likeness (QED) is 0.347. The molecule has 1 fully saturated rings. The molecule has 0 saturated carbocycles. The van der Waals surface area contributed by atoms with Gasteiger partial charge in [-0.05, 0) is 31.5 Å². The lowest BCUT2D eigenvalue weighted by atomic mass is 10.2. The first kappa shape index (κ1) is 22.5. The number of anilines is 1. The van der Waals surface area contributed by atoms with E-state index in [4.69, 9.17) is 16.3 Å². The number of hydrogen-bond donors (Lipinski definition) is 2. The van der Waals surface area contributed by atoms with Crippen molar-refractivity contribution in [2.45, 2.75) is 32.5 Å². The monoisotopic (exact) mass is 519 g/mol. The summed E-state index contributed by atoms with van der Waals surface area (Å²) in [6.45, 7) is 5.26. The zero-order valence-corrected chi connectivity index (χ0v) is 19.4. The Hall–Kier alpha value is -1.75.